The summed E-state index contributed by atoms with van der Waals surface area (Å²) < 4.78 is 37.8. The van der Waals surface area contributed by atoms with Gasteiger partial charge in [-0.15, -0.1) is 22.7 Å². The van der Waals surface area contributed by atoms with E-state index < -0.39 is 67.5 Å². The zero-order valence-corrected chi connectivity index (χ0v) is 45.4. The Morgan fingerprint density at radius 2 is 0.631 bits per heavy atom. The lowest BCUT2D eigenvalue weighted by Crippen LogP contribution is -2.54. The zero-order valence-electron chi connectivity index (χ0n) is 43.7. The van der Waals surface area contributed by atoms with Crippen molar-refractivity contribution in [1.29, 1.82) is 0 Å². The van der Waals surface area contributed by atoms with E-state index in [-0.39, 0.29) is 101 Å². The third kappa shape index (κ3) is 9.09. The van der Waals surface area contributed by atoms with Gasteiger partial charge in [0.05, 0.1) is 9.75 Å². The Morgan fingerprint density at radius 1 is 0.369 bits per heavy atom. The van der Waals surface area contributed by atoms with E-state index in [1.807, 2.05) is 0 Å². The smallest absolute Gasteiger partial charge is 0.367 e. The molecule has 0 amide bonds. The van der Waals surface area contributed by atoms with E-state index in [4.69, 9.17) is 28.4 Å². The average Bonchev–Trinajstić information content (AvgIpc) is 1.27. The molecule has 16 nitrogen and oxygen atoms in total. The molecule has 0 atom stereocenters. The molecule has 410 valence electrons. The lowest BCUT2D eigenvalue weighted by molar-refractivity contribution is -0.185. The summed E-state index contributed by atoms with van der Waals surface area (Å²) in [4.78, 5) is 127. The van der Waals surface area contributed by atoms with E-state index in [9.17, 15) is 19.2 Å². The highest BCUT2D eigenvalue weighted by atomic mass is 32.1. The molecule has 0 bridgehead atoms. The lowest BCUT2D eigenvalue weighted by Gasteiger charge is -2.39. The molecule has 4 heterocycles. The third-order valence-electron chi connectivity index (χ3n) is 14.4. The van der Waals surface area contributed by atoms with E-state index in [1.54, 1.807) is 146 Å². The SMILES string of the molecule is O=C(OCc1ccccc1)C1(C(=O)OCc2ccccc2)Oc2cc(N=c3c(=O)c4ccccc4c3=O)sc2-c2cc3c(cc21)-c1sc(N=c2c(=O)c4ccccc4c2=O)cc1OC3(C(=O)OCc1ccccc1)C(=O)OCc1ccccc1. The summed E-state index contributed by atoms with van der Waals surface area (Å²) in [6.45, 7) is -1.41. The van der Waals surface area contributed by atoms with Crippen LogP contribution in [-0.2, 0) is 75.8 Å². The highest BCUT2D eigenvalue weighted by molar-refractivity contribution is 7.20. The number of carbonyl (C=O) groups excluding carboxylic acids is 4. The van der Waals surface area contributed by atoms with Gasteiger partial charge in [0, 0.05) is 55.9 Å². The molecule has 0 radical (unpaired) electrons. The lowest BCUT2D eigenvalue weighted by atomic mass is 9.78. The molecule has 9 aromatic carbocycles. The van der Waals surface area contributed by atoms with Crippen molar-refractivity contribution < 1.29 is 47.6 Å². The fraction of sp³-hybridized carbons (Fsp3) is 0.0909. The van der Waals surface area contributed by atoms with E-state index in [0.29, 0.717) is 22.3 Å². The summed E-state index contributed by atoms with van der Waals surface area (Å²) in [6, 6.07) is 52.7. The first kappa shape index (κ1) is 52.8. The van der Waals surface area contributed by atoms with Crippen LogP contribution in [-0.4, -0.2) is 23.9 Å². The number of carbonyl (C=O) groups is 4. The average molecular weight is 1150 g/mol. The van der Waals surface area contributed by atoms with Gasteiger partial charge in [0.2, 0.25) is 21.7 Å². The first-order valence-electron chi connectivity index (χ1n) is 26.2. The second-order valence-electron chi connectivity index (χ2n) is 19.6. The Morgan fingerprint density at radius 3 is 0.905 bits per heavy atom. The van der Waals surface area contributed by atoms with Gasteiger partial charge in [-0.1, -0.05) is 170 Å². The van der Waals surface area contributed by atoms with Crippen LogP contribution < -0.4 is 41.9 Å². The van der Waals surface area contributed by atoms with Gasteiger partial charge in [-0.2, -0.15) is 0 Å². The summed E-state index contributed by atoms with van der Waals surface area (Å²) in [5.74, 6) is -5.31. The van der Waals surface area contributed by atoms with E-state index >= 15 is 19.2 Å². The van der Waals surface area contributed by atoms with Crippen molar-refractivity contribution in [2.75, 3.05) is 0 Å². The number of hydrogen-bond donors (Lipinski definition) is 0. The van der Waals surface area contributed by atoms with Crippen LogP contribution in [0.4, 0.5) is 10.0 Å². The fourth-order valence-corrected chi connectivity index (χ4v) is 12.3. The van der Waals surface area contributed by atoms with Gasteiger partial charge < -0.3 is 28.4 Å². The van der Waals surface area contributed by atoms with Crippen LogP contribution in [0.1, 0.15) is 33.4 Å². The number of fused-ring (bicyclic) bond motifs is 8. The van der Waals surface area contributed by atoms with Crippen LogP contribution in [0.5, 0.6) is 11.5 Å². The van der Waals surface area contributed by atoms with Crippen LogP contribution in [0.3, 0.4) is 0 Å². The normalized spacial score (nSPS) is 13.2. The molecule has 2 aromatic heterocycles. The highest BCUT2D eigenvalue weighted by Gasteiger charge is 2.62. The Hall–Kier alpha value is -10.6. The molecule has 0 aliphatic carbocycles. The van der Waals surface area contributed by atoms with Crippen molar-refractivity contribution in [1.82, 2.24) is 0 Å². The van der Waals surface area contributed by atoms with E-state index in [0.717, 1.165) is 22.7 Å². The van der Waals surface area contributed by atoms with Crippen LogP contribution in [0.2, 0.25) is 0 Å². The minimum atomic E-state index is -2.88. The molecular formula is C66H40N2O14S2. The van der Waals surface area contributed by atoms with Gasteiger partial charge in [0.1, 0.15) is 47.9 Å². The van der Waals surface area contributed by atoms with E-state index in [2.05, 4.69) is 9.98 Å². The summed E-state index contributed by atoms with van der Waals surface area (Å²) in [6.07, 6.45) is 0. The number of benzene rings is 7. The number of esters is 4. The van der Waals surface area contributed by atoms with Crippen molar-refractivity contribution >= 4 is 78.1 Å². The zero-order chi connectivity index (χ0) is 57.7. The molecule has 0 N–H and O–H groups in total. The molecule has 84 heavy (non-hydrogen) atoms. The van der Waals surface area contributed by atoms with Crippen LogP contribution in [0.15, 0.2) is 223 Å². The van der Waals surface area contributed by atoms with Crippen molar-refractivity contribution in [3.05, 3.63) is 279 Å². The maximum Gasteiger partial charge on any atom is 0.367 e. The van der Waals surface area contributed by atoms with E-state index in [1.165, 1.54) is 48.5 Å². The van der Waals surface area contributed by atoms with Crippen molar-refractivity contribution in [3.63, 3.8) is 0 Å². The van der Waals surface area contributed by atoms with Crippen LogP contribution in [0.25, 0.3) is 42.4 Å². The van der Waals surface area contributed by atoms with Crippen molar-refractivity contribution in [2.24, 2.45) is 9.98 Å². The fourth-order valence-electron chi connectivity index (χ4n) is 10.3. The molecule has 0 unspecified atom stereocenters. The maximum atomic E-state index is 15.6. The number of nitrogens with zero attached hydrogens (tertiary/aromatic N) is 2. The van der Waals surface area contributed by atoms with Crippen molar-refractivity contribution in [2.45, 2.75) is 37.6 Å². The number of hydrogen-bond acceptors (Lipinski definition) is 18. The van der Waals surface area contributed by atoms with Crippen molar-refractivity contribution in [3.8, 4) is 32.4 Å². The Balaban J connectivity index is 1.08. The number of thiophene rings is 2. The first-order chi connectivity index (χ1) is 40.9. The predicted molar refractivity (Wildman–Crippen MR) is 311 cm³/mol. The molecule has 0 saturated heterocycles. The first-order valence-corrected chi connectivity index (χ1v) is 27.8. The molecule has 0 saturated carbocycles. The molecule has 18 heteroatoms. The summed E-state index contributed by atoms with van der Waals surface area (Å²) in [5.41, 5.74) is -6.52. The Kier molecular flexibility index (Phi) is 13.4. The minimum Gasteiger partial charge on any atom is -0.458 e. The Bertz CT molecular complexity index is 4290. The molecule has 2 aliphatic rings. The summed E-state index contributed by atoms with van der Waals surface area (Å²) >= 11 is 1.81. The number of ether oxygens (including phenoxy) is 6. The molecule has 2 aliphatic heterocycles. The molecular weight excluding hydrogens is 1110 g/mol. The standard InChI is InChI=1S/C66H40N2O14S2/c69-55-41-25-13-14-26-42(41)56(70)53(55)67-51-31-49-59(83-51)45-30-48-46(29-47(45)65(81-49,61(73)77-33-37-17-5-1-6-18-37)62(74)78-34-38-19-7-2-8-20-38)60-50(32-52(84-60)68-54-57(71)43-27-15-16-28-44(43)58(54)72)82-66(48,63(75)79-35-39-21-9-3-10-22-39)64(76)80-36-40-23-11-4-12-24-40/h1-32H,33-36H2. The second kappa shape index (κ2) is 21.4. The highest BCUT2D eigenvalue weighted by Crippen LogP contribution is 2.59. The summed E-state index contributed by atoms with van der Waals surface area (Å²) in [7, 11) is 0. The molecule has 0 spiro atoms. The molecule has 11 aromatic rings. The summed E-state index contributed by atoms with van der Waals surface area (Å²) in [5, 5.41) is -0.146. The Labute approximate surface area is 482 Å². The quantitative estimate of drug-likeness (QED) is 0.0563. The van der Waals surface area contributed by atoms with Gasteiger partial charge in [-0.05, 0) is 34.4 Å². The van der Waals surface area contributed by atoms with Crippen LogP contribution >= 0.6 is 22.7 Å². The minimum absolute atomic E-state index is 0.00721. The maximum absolute atomic E-state index is 15.6. The predicted octanol–water partition coefficient (Wildman–Crippen LogP) is 9.26. The molecule has 0 fully saturated rings. The van der Waals surface area contributed by atoms with Gasteiger partial charge in [-0.3, -0.25) is 19.2 Å². The largest absolute Gasteiger partial charge is 0.458 e. The van der Waals surface area contributed by atoms with Gasteiger partial charge in [0.25, 0.3) is 0 Å². The van der Waals surface area contributed by atoms with Gasteiger partial charge >= 0.3 is 35.1 Å². The van der Waals surface area contributed by atoms with Gasteiger partial charge in [-0.25, -0.2) is 29.2 Å². The molecule has 13 rings (SSSR count). The van der Waals surface area contributed by atoms with Crippen LogP contribution in [0, 0.1) is 0 Å². The van der Waals surface area contributed by atoms with Gasteiger partial charge in [0.15, 0.2) is 10.7 Å². The third-order valence-corrected chi connectivity index (χ3v) is 16.5. The number of rotatable bonds is 14. The topological polar surface area (TPSA) is 217 Å². The second-order valence-corrected chi connectivity index (χ2v) is 21.7. The monoisotopic (exact) mass is 1150 g/mol.